The summed E-state index contributed by atoms with van der Waals surface area (Å²) in [4.78, 5) is 0. The second kappa shape index (κ2) is 5.05. The van der Waals surface area contributed by atoms with Crippen molar-refractivity contribution < 1.29 is 5.11 Å². The number of rotatable bonds is 4. The number of phenolic OH excluding ortho intramolecular Hbond substituents is 1. The second-order valence-electron chi connectivity index (χ2n) is 4.86. The van der Waals surface area contributed by atoms with Crippen molar-refractivity contribution in [2.75, 3.05) is 0 Å². The molecule has 0 atom stereocenters. The molecule has 0 amide bonds. The zero-order valence-electron chi connectivity index (χ0n) is 10.8. The maximum Gasteiger partial charge on any atom is 0.115 e. The minimum absolute atomic E-state index is 0.107. The van der Waals surface area contributed by atoms with Gasteiger partial charge < -0.3 is 5.11 Å². The van der Waals surface area contributed by atoms with Crippen LogP contribution in [0.3, 0.4) is 0 Å². The van der Waals surface area contributed by atoms with Gasteiger partial charge in [-0.3, -0.25) is 0 Å². The van der Waals surface area contributed by atoms with Crippen LogP contribution in [0.5, 0.6) is 5.75 Å². The Kier molecular flexibility index (Phi) is 3.95. The summed E-state index contributed by atoms with van der Waals surface area (Å²) in [5, 5.41) is 9.25. The van der Waals surface area contributed by atoms with Crippen LogP contribution in [-0.2, 0) is 0 Å². The van der Waals surface area contributed by atoms with Crippen LogP contribution in [0.25, 0.3) is 6.08 Å². The molecular weight excluding hydrogens is 208 g/mol. The van der Waals surface area contributed by atoms with E-state index in [1.54, 1.807) is 12.1 Å². The molecule has 1 aromatic rings. The highest BCUT2D eigenvalue weighted by Crippen LogP contribution is 2.33. The molecule has 1 N–H and O–H groups in total. The summed E-state index contributed by atoms with van der Waals surface area (Å²) in [6.07, 6.45) is 4.01. The van der Waals surface area contributed by atoms with Gasteiger partial charge in [0.2, 0.25) is 0 Å². The lowest BCUT2D eigenvalue weighted by Crippen LogP contribution is -2.11. The van der Waals surface area contributed by atoms with Crippen molar-refractivity contribution in [2.45, 2.75) is 20.8 Å². The zero-order chi connectivity index (χ0) is 13.1. The summed E-state index contributed by atoms with van der Waals surface area (Å²) in [7, 11) is 0. The number of hydrogen-bond donors (Lipinski definition) is 1. The van der Waals surface area contributed by atoms with Crippen LogP contribution >= 0.6 is 0 Å². The average Bonchev–Trinajstić information content (AvgIpc) is 2.27. The van der Waals surface area contributed by atoms with Crippen molar-refractivity contribution >= 4 is 6.08 Å². The Morgan fingerprint density at radius 2 is 1.76 bits per heavy atom. The molecule has 90 valence electrons. The molecule has 0 bridgehead atoms. The van der Waals surface area contributed by atoms with E-state index in [2.05, 4.69) is 33.1 Å². The molecule has 0 saturated heterocycles. The first-order valence-electron chi connectivity index (χ1n) is 5.67. The highest BCUT2D eigenvalue weighted by Gasteiger charge is 2.19. The fourth-order valence-electron chi connectivity index (χ4n) is 1.71. The molecule has 17 heavy (non-hydrogen) atoms. The van der Waals surface area contributed by atoms with E-state index in [0.29, 0.717) is 0 Å². The Morgan fingerprint density at radius 1 is 1.24 bits per heavy atom. The van der Waals surface area contributed by atoms with Gasteiger partial charge in [0, 0.05) is 5.41 Å². The Balaban J connectivity index is 3.20. The summed E-state index contributed by atoms with van der Waals surface area (Å²) in [6, 6.07) is 7.14. The van der Waals surface area contributed by atoms with E-state index >= 15 is 0 Å². The van der Waals surface area contributed by atoms with Gasteiger partial charge in [-0.25, -0.2) is 0 Å². The monoisotopic (exact) mass is 228 g/mol. The predicted octanol–water partition coefficient (Wildman–Crippen LogP) is 4.56. The summed E-state index contributed by atoms with van der Waals surface area (Å²) in [5.74, 6) is 0.280. The quantitative estimate of drug-likeness (QED) is 0.591. The molecule has 0 radical (unpaired) electrons. The van der Waals surface area contributed by atoms with Crippen molar-refractivity contribution in [1.82, 2.24) is 0 Å². The average molecular weight is 228 g/mol. The van der Waals surface area contributed by atoms with Crippen molar-refractivity contribution in [1.29, 1.82) is 0 Å². The Bertz CT molecular complexity index is 447. The van der Waals surface area contributed by atoms with Crippen molar-refractivity contribution in [3.05, 3.63) is 60.2 Å². The molecule has 0 aliphatic rings. The van der Waals surface area contributed by atoms with Crippen molar-refractivity contribution in [3.63, 3.8) is 0 Å². The Hall–Kier alpha value is -1.76. The summed E-state index contributed by atoms with van der Waals surface area (Å²) in [6.45, 7) is 14.1. The number of phenols is 1. The molecule has 0 aromatic heterocycles. The fraction of sp³-hybridized carbons (Fsp3) is 0.250. The number of allylic oxidation sites excluding steroid dienone is 3. The number of benzene rings is 1. The van der Waals surface area contributed by atoms with Gasteiger partial charge in [0.25, 0.3) is 0 Å². The molecule has 0 spiro atoms. The van der Waals surface area contributed by atoms with Crippen LogP contribution in [0.15, 0.2) is 54.6 Å². The molecule has 0 saturated carbocycles. The lowest BCUT2D eigenvalue weighted by Gasteiger charge is -2.24. The van der Waals surface area contributed by atoms with Gasteiger partial charge in [-0.2, -0.15) is 0 Å². The van der Waals surface area contributed by atoms with E-state index in [1.165, 1.54) is 0 Å². The first-order chi connectivity index (χ1) is 7.86. The van der Waals surface area contributed by atoms with E-state index < -0.39 is 0 Å². The molecule has 1 nitrogen and oxygen atoms in total. The van der Waals surface area contributed by atoms with E-state index in [1.807, 2.05) is 25.1 Å². The van der Waals surface area contributed by atoms with Crippen LogP contribution in [0.2, 0.25) is 0 Å². The fourth-order valence-corrected chi connectivity index (χ4v) is 1.71. The maximum absolute atomic E-state index is 9.25. The second-order valence-corrected chi connectivity index (χ2v) is 4.86. The highest BCUT2D eigenvalue weighted by atomic mass is 16.3. The van der Waals surface area contributed by atoms with E-state index in [9.17, 15) is 5.11 Å². The molecule has 0 aliphatic carbocycles. The molecule has 1 heteroatoms. The molecule has 0 fully saturated rings. The van der Waals surface area contributed by atoms with Crippen LogP contribution < -0.4 is 0 Å². The molecule has 1 aromatic carbocycles. The van der Waals surface area contributed by atoms with Gasteiger partial charge in [-0.05, 0) is 30.2 Å². The molecule has 1 rings (SSSR count). The summed E-state index contributed by atoms with van der Waals surface area (Å²) in [5.41, 5.74) is 3.13. The van der Waals surface area contributed by atoms with Crippen LogP contribution in [0.4, 0.5) is 0 Å². The van der Waals surface area contributed by atoms with E-state index in [-0.39, 0.29) is 11.2 Å². The molecular formula is C16H20O. The lowest BCUT2D eigenvalue weighted by atomic mass is 9.80. The SMILES string of the molecule is C=CC(C)(C)/C(=C/c1ccc(O)cc1)C(=C)C. The number of aromatic hydroxyl groups is 1. The smallest absolute Gasteiger partial charge is 0.115 e. The Morgan fingerprint density at radius 3 is 2.18 bits per heavy atom. The lowest BCUT2D eigenvalue weighted by molar-refractivity contribution is 0.475. The van der Waals surface area contributed by atoms with Gasteiger partial charge in [0.15, 0.2) is 0 Å². The maximum atomic E-state index is 9.25. The Labute approximate surface area is 104 Å². The van der Waals surface area contributed by atoms with E-state index in [4.69, 9.17) is 0 Å². The summed E-state index contributed by atoms with van der Waals surface area (Å²) >= 11 is 0. The topological polar surface area (TPSA) is 20.2 Å². The normalized spacial score (nSPS) is 12.3. The minimum Gasteiger partial charge on any atom is -0.508 e. The first kappa shape index (κ1) is 13.3. The van der Waals surface area contributed by atoms with Gasteiger partial charge in [0.05, 0.1) is 0 Å². The predicted molar refractivity (Wildman–Crippen MR) is 74.9 cm³/mol. The van der Waals surface area contributed by atoms with Crippen LogP contribution in [0.1, 0.15) is 26.3 Å². The zero-order valence-corrected chi connectivity index (χ0v) is 10.8. The largest absolute Gasteiger partial charge is 0.508 e. The van der Waals surface area contributed by atoms with Gasteiger partial charge in [-0.15, -0.1) is 6.58 Å². The summed E-state index contributed by atoms with van der Waals surface area (Å²) < 4.78 is 0. The van der Waals surface area contributed by atoms with Crippen molar-refractivity contribution in [2.24, 2.45) is 5.41 Å². The third-order valence-electron chi connectivity index (χ3n) is 2.87. The van der Waals surface area contributed by atoms with Crippen molar-refractivity contribution in [3.8, 4) is 5.75 Å². The van der Waals surface area contributed by atoms with Gasteiger partial charge in [-0.1, -0.05) is 50.3 Å². The van der Waals surface area contributed by atoms with Gasteiger partial charge in [0.1, 0.15) is 5.75 Å². The number of hydrogen-bond acceptors (Lipinski definition) is 1. The molecule has 0 heterocycles. The highest BCUT2D eigenvalue weighted by molar-refractivity contribution is 5.60. The first-order valence-corrected chi connectivity index (χ1v) is 5.67. The molecule has 0 aliphatic heterocycles. The van der Waals surface area contributed by atoms with Gasteiger partial charge >= 0.3 is 0 Å². The van der Waals surface area contributed by atoms with Crippen LogP contribution in [-0.4, -0.2) is 5.11 Å². The minimum atomic E-state index is -0.107. The molecule has 0 unspecified atom stereocenters. The third kappa shape index (κ3) is 3.35. The van der Waals surface area contributed by atoms with E-state index in [0.717, 1.165) is 16.7 Å². The van der Waals surface area contributed by atoms with Crippen LogP contribution in [0, 0.1) is 5.41 Å². The standard InChI is InChI=1S/C16H20O/c1-6-16(4,5)15(12(2)3)11-13-7-9-14(17)10-8-13/h6-11,17H,1-2H2,3-5H3/b15-11+. The third-order valence-corrected chi connectivity index (χ3v) is 2.87.